The first-order valence-electron chi connectivity index (χ1n) is 10.4. The van der Waals surface area contributed by atoms with E-state index in [9.17, 15) is 0 Å². The molecule has 4 nitrogen and oxygen atoms in total. The maximum Gasteiger partial charge on any atom is 0.0598 e. The molecule has 3 atom stereocenters. The molecule has 132 valence electrons. The predicted molar refractivity (Wildman–Crippen MR) is 96.9 cm³/mol. The van der Waals surface area contributed by atoms with Crippen molar-refractivity contribution in [2.24, 2.45) is 5.92 Å². The zero-order valence-electron chi connectivity index (χ0n) is 16.6. The third-order valence-electron chi connectivity index (χ3n) is 6.37. The minimum Gasteiger partial charge on any atom is -0.381 e. The molecule has 4 heteroatoms. The van der Waals surface area contributed by atoms with Crippen LogP contribution >= 0.6 is 0 Å². The molecule has 2 heterocycles. The van der Waals surface area contributed by atoms with Crippen LogP contribution in [0.15, 0.2) is 30.3 Å². The Labute approximate surface area is 148 Å². The third-order valence-corrected chi connectivity index (χ3v) is 6.37. The number of benzene rings is 1. The summed E-state index contributed by atoms with van der Waals surface area (Å²) in [5.41, 5.74) is 1.13. The van der Waals surface area contributed by atoms with Gasteiger partial charge >= 0.3 is 0 Å². The number of nitrogens with zero attached hydrogens (tertiary/aromatic N) is 1. The van der Waals surface area contributed by atoms with E-state index in [0.29, 0.717) is 5.92 Å². The number of ether oxygens (including phenoxy) is 1. The van der Waals surface area contributed by atoms with Crippen molar-refractivity contribution in [2.45, 2.75) is 43.2 Å². The summed E-state index contributed by atoms with van der Waals surface area (Å²) in [6, 6.07) is 10.9. The van der Waals surface area contributed by atoms with Gasteiger partial charge in [0.2, 0.25) is 0 Å². The molecule has 24 heavy (non-hydrogen) atoms. The Balaban J connectivity index is 1.57. The Kier molecular flexibility index (Phi) is 4.01. The first kappa shape index (κ1) is 14.3. The van der Waals surface area contributed by atoms with Crippen LogP contribution in [0.3, 0.4) is 0 Å². The van der Waals surface area contributed by atoms with Crippen LogP contribution in [0.4, 0.5) is 0 Å². The topological polar surface area (TPSA) is 36.5 Å². The minimum absolute atomic E-state index is 0.0105. The lowest BCUT2D eigenvalue weighted by atomic mass is 9.68. The summed E-state index contributed by atoms with van der Waals surface area (Å²) in [7, 11) is 2.26. The van der Waals surface area contributed by atoms with E-state index in [4.69, 9.17) is 7.48 Å². The Hall–Kier alpha value is -0.940. The van der Waals surface area contributed by atoms with Gasteiger partial charge in [0.25, 0.3) is 0 Å². The van der Waals surface area contributed by atoms with E-state index < -0.39 is 13.2 Å². The lowest BCUT2D eigenvalue weighted by molar-refractivity contribution is 0.0311. The summed E-state index contributed by atoms with van der Waals surface area (Å²) in [5.74, 6) is 0.615. The van der Waals surface area contributed by atoms with Crippen LogP contribution in [0.2, 0.25) is 0 Å². The molecule has 1 aliphatic carbocycles. The van der Waals surface area contributed by atoms with E-state index in [1.807, 2.05) is 0 Å². The normalized spacial score (nSPS) is 44.0. The van der Waals surface area contributed by atoms with Crippen LogP contribution in [-0.2, 0) is 10.3 Å². The van der Waals surface area contributed by atoms with Gasteiger partial charge in [-0.3, -0.25) is 10.2 Å². The highest BCUT2D eigenvalue weighted by molar-refractivity contribution is 5.26. The van der Waals surface area contributed by atoms with Crippen LogP contribution in [0.5, 0.6) is 0 Å². The van der Waals surface area contributed by atoms with Gasteiger partial charge in [0, 0.05) is 38.8 Å². The van der Waals surface area contributed by atoms with Crippen molar-refractivity contribution in [2.75, 3.05) is 40.0 Å². The second kappa shape index (κ2) is 6.75. The fourth-order valence-corrected chi connectivity index (χ4v) is 4.76. The maximum atomic E-state index is 8.40. The van der Waals surface area contributed by atoms with Crippen molar-refractivity contribution < 1.29 is 7.48 Å². The molecule has 2 saturated heterocycles. The molecule has 3 fully saturated rings. The van der Waals surface area contributed by atoms with Crippen LogP contribution in [-0.4, -0.2) is 50.4 Å². The van der Waals surface area contributed by atoms with Gasteiger partial charge in [0.05, 0.1) is 7.98 Å². The van der Waals surface area contributed by atoms with Crippen LogP contribution in [0.1, 0.15) is 40.4 Å². The molecule has 3 unspecified atom stereocenters. The fraction of sp³-hybridized carbons (Fsp3) is 0.700. The van der Waals surface area contributed by atoms with Gasteiger partial charge in [-0.15, -0.1) is 0 Å². The number of hydrogen-bond acceptors (Lipinski definition) is 4. The first-order valence-corrected chi connectivity index (χ1v) is 9.27. The Morgan fingerprint density at radius 2 is 2.04 bits per heavy atom. The molecule has 2 N–H and O–H groups in total. The Morgan fingerprint density at radius 1 is 1.25 bits per heavy atom. The SMILES string of the molecule is [2H]C1NC([2H])C2(CCC(c3ccccc3)(N(C)CC3CCOC3)CC2)N1. The monoisotopic (exact) mass is 331 g/mol. The summed E-state index contributed by atoms with van der Waals surface area (Å²) in [4.78, 5) is 2.55. The molecule has 3 aliphatic rings. The highest BCUT2D eigenvalue weighted by Crippen LogP contribution is 2.45. The van der Waals surface area contributed by atoms with Gasteiger partial charge in [-0.05, 0) is 50.6 Å². The van der Waals surface area contributed by atoms with Gasteiger partial charge < -0.3 is 10.1 Å². The lowest BCUT2D eigenvalue weighted by Gasteiger charge is -2.50. The highest BCUT2D eigenvalue weighted by atomic mass is 16.5. The molecule has 0 radical (unpaired) electrons. The number of nitrogens with one attached hydrogen (secondary N) is 2. The highest BCUT2D eigenvalue weighted by Gasteiger charge is 2.47. The standard InChI is InChI=1S/C20H31N3O/c1-23(13-17-7-12-24-14-17)20(18-5-3-2-4-6-18)10-8-19(9-11-20)15-21-16-22-19/h2-6,17,21-22H,7-16H2,1H3/i15D,16D. The smallest absolute Gasteiger partial charge is 0.0598 e. The summed E-state index contributed by atoms with van der Waals surface area (Å²) in [6.07, 6.45) is 5.02. The minimum atomic E-state index is -0.518. The summed E-state index contributed by atoms with van der Waals surface area (Å²) in [5, 5.41) is 6.37. The van der Waals surface area contributed by atoms with Crippen molar-refractivity contribution in [3.8, 4) is 0 Å². The van der Waals surface area contributed by atoms with E-state index >= 15 is 0 Å². The molecule has 4 rings (SSSR count). The van der Waals surface area contributed by atoms with E-state index in [0.717, 1.165) is 51.9 Å². The molecule has 2 aliphatic heterocycles. The van der Waals surface area contributed by atoms with Crippen molar-refractivity contribution in [1.29, 1.82) is 0 Å². The van der Waals surface area contributed by atoms with Gasteiger partial charge in [0.15, 0.2) is 0 Å². The Bertz CT molecular complexity index is 600. The average Bonchev–Trinajstić information content (AvgIpc) is 3.25. The van der Waals surface area contributed by atoms with Crippen molar-refractivity contribution >= 4 is 0 Å². The molecule has 1 saturated carbocycles. The van der Waals surface area contributed by atoms with Crippen LogP contribution < -0.4 is 10.6 Å². The number of hydrogen-bond donors (Lipinski definition) is 2. The molecule has 0 bridgehead atoms. The van der Waals surface area contributed by atoms with Gasteiger partial charge in [-0.1, -0.05) is 30.3 Å². The third kappa shape index (κ3) is 3.01. The van der Waals surface area contributed by atoms with E-state index in [2.05, 4.69) is 52.9 Å². The van der Waals surface area contributed by atoms with Gasteiger partial charge in [0.1, 0.15) is 0 Å². The van der Waals surface area contributed by atoms with Gasteiger partial charge in [-0.25, -0.2) is 0 Å². The second-order valence-corrected chi connectivity index (χ2v) is 7.76. The van der Waals surface area contributed by atoms with E-state index in [-0.39, 0.29) is 11.1 Å². The molecule has 1 spiro atoms. The summed E-state index contributed by atoms with van der Waals surface area (Å²) >= 11 is 0. The zero-order valence-corrected chi connectivity index (χ0v) is 14.6. The maximum absolute atomic E-state index is 8.40. The van der Waals surface area contributed by atoms with E-state index in [1.54, 1.807) is 0 Å². The average molecular weight is 332 g/mol. The Morgan fingerprint density at radius 3 is 2.67 bits per heavy atom. The number of rotatable bonds is 4. The molecular weight excluding hydrogens is 298 g/mol. The quantitative estimate of drug-likeness (QED) is 0.888. The van der Waals surface area contributed by atoms with Crippen molar-refractivity contribution in [3.05, 3.63) is 35.9 Å². The predicted octanol–water partition coefficient (Wildman–Crippen LogP) is 2.31. The van der Waals surface area contributed by atoms with Crippen LogP contribution in [0.25, 0.3) is 0 Å². The van der Waals surface area contributed by atoms with E-state index in [1.165, 1.54) is 5.56 Å². The largest absolute Gasteiger partial charge is 0.381 e. The molecule has 0 amide bonds. The molecular formula is C20H31N3O. The molecule has 1 aromatic rings. The summed E-state index contributed by atoms with van der Waals surface area (Å²) < 4.78 is 22.0. The fourth-order valence-electron chi connectivity index (χ4n) is 4.76. The zero-order chi connectivity index (χ0) is 18.2. The second-order valence-electron chi connectivity index (χ2n) is 7.76. The van der Waals surface area contributed by atoms with Crippen molar-refractivity contribution in [3.63, 3.8) is 0 Å². The summed E-state index contributed by atoms with van der Waals surface area (Å²) in [6.45, 7) is 1.90. The van der Waals surface area contributed by atoms with Gasteiger partial charge in [-0.2, -0.15) is 0 Å². The molecule has 0 aromatic heterocycles. The van der Waals surface area contributed by atoms with Crippen LogP contribution in [0, 0.1) is 5.92 Å². The molecule has 1 aromatic carbocycles. The first-order chi connectivity index (χ1) is 12.5. The van der Waals surface area contributed by atoms with Crippen molar-refractivity contribution in [1.82, 2.24) is 15.5 Å². The lowest BCUT2D eigenvalue weighted by Crippen LogP contribution is -2.55.